The first-order valence-corrected chi connectivity index (χ1v) is 9.98. The van der Waals surface area contributed by atoms with Crippen LogP contribution in [0.3, 0.4) is 0 Å². The van der Waals surface area contributed by atoms with Crippen molar-refractivity contribution in [1.29, 1.82) is 0 Å². The highest BCUT2D eigenvalue weighted by Gasteiger charge is 2.00. The minimum atomic E-state index is 0.602. The van der Waals surface area contributed by atoms with Gasteiger partial charge in [0.15, 0.2) is 5.11 Å². The maximum absolute atomic E-state index is 5.78. The zero-order chi connectivity index (χ0) is 20.3. The zero-order valence-electron chi connectivity index (χ0n) is 16.6. The molecule has 150 valence electrons. The lowest BCUT2D eigenvalue weighted by Crippen LogP contribution is -2.34. The van der Waals surface area contributed by atoms with E-state index >= 15 is 0 Å². The molecule has 0 saturated heterocycles. The van der Waals surface area contributed by atoms with Gasteiger partial charge in [0.1, 0.15) is 5.75 Å². The molecule has 0 unspecified atom stereocenters. The summed E-state index contributed by atoms with van der Waals surface area (Å²) in [6.07, 6.45) is 0. The molecule has 0 aliphatic heterocycles. The zero-order valence-corrected chi connectivity index (χ0v) is 17.4. The number of rotatable bonds is 9. The first kappa shape index (κ1) is 20.8. The second-order valence-electron chi connectivity index (χ2n) is 6.68. The van der Waals surface area contributed by atoms with E-state index in [2.05, 4.69) is 47.0 Å². The van der Waals surface area contributed by atoms with Gasteiger partial charge in [0.2, 0.25) is 0 Å². The van der Waals surface area contributed by atoms with Gasteiger partial charge in [0, 0.05) is 13.1 Å². The highest BCUT2D eigenvalue weighted by Crippen LogP contribution is 2.11. The molecule has 0 radical (unpaired) electrons. The van der Waals surface area contributed by atoms with Gasteiger partial charge >= 0.3 is 0 Å². The minimum Gasteiger partial charge on any atom is -0.497 e. The Hall–Kier alpha value is -2.89. The number of methoxy groups -OCH3 is 1. The van der Waals surface area contributed by atoms with Gasteiger partial charge in [-0.25, -0.2) is 0 Å². The lowest BCUT2D eigenvalue weighted by molar-refractivity contribution is 0.107. The summed E-state index contributed by atoms with van der Waals surface area (Å²) in [5.74, 6) is 0.850. The maximum Gasteiger partial charge on any atom is 0.166 e. The van der Waals surface area contributed by atoms with Crippen molar-refractivity contribution in [2.75, 3.05) is 7.11 Å². The smallest absolute Gasteiger partial charge is 0.166 e. The average Bonchev–Trinajstić information content (AvgIpc) is 2.78. The molecular weight excluding hydrogens is 380 g/mol. The van der Waals surface area contributed by atoms with Gasteiger partial charge in [-0.2, -0.15) is 0 Å². The molecule has 29 heavy (non-hydrogen) atoms. The fourth-order valence-electron chi connectivity index (χ4n) is 2.78. The van der Waals surface area contributed by atoms with Crippen LogP contribution in [0.1, 0.15) is 22.3 Å². The summed E-state index contributed by atoms with van der Waals surface area (Å²) in [4.78, 5) is 0. The van der Waals surface area contributed by atoms with Crippen LogP contribution in [-0.4, -0.2) is 12.2 Å². The van der Waals surface area contributed by atoms with Gasteiger partial charge in [-0.05, 0) is 46.6 Å². The Bertz CT molecular complexity index is 881. The molecule has 0 atom stereocenters. The van der Waals surface area contributed by atoms with Gasteiger partial charge in [-0.3, -0.25) is 0 Å². The predicted molar refractivity (Wildman–Crippen MR) is 121 cm³/mol. The highest BCUT2D eigenvalue weighted by molar-refractivity contribution is 7.80. The molecule has 0 heterocycles. The number of nitrogens with one attached hydrogen (secondary N) is 2. The molecule has 3 aromatic carbocycles. The Balaban J connectivity index is 1.36. The molecule has 0 aliphatic carbocycles. The predicted octanol–water partition coefficient (Wildman–Crippen LogP) is 4.58. The number of ether oxygens (including phenoxy) is 2. The van der Waals surface area contributed by atoms with Crippen LogP contribution in [0.5, 0.6) is 5.75 Å². The van der Waals surface area contributed by atoms with Crippen molar-refractivity contribution in [1.82, 2.24) is 10.6 Å². The van der Waals surface area contributed by atoms with Gasteiger partial charge in [0.05, 0.1) is 20.3 Å². The molecule has 3 rings (SSSR count). The second-order valence-corrected chi connectivity index (χ2v) is 7.09. The van der Waals surface area contributed by atoms with Crippen LogP contribution in [0.15, 0.2) is 78.9 Å². The van der Waals surface area contributed by atoms with Crippen molar-refractivity contribution < 1.29 is 9.47 Å². The molecule has 0 saturated carbocycles. The van der Waals surface area contributed by atoms with E-state index in [1.165, 1.54) is 11.1 Å². The maximum atomic E-state index is 5.78. The molecular formula is C24H26N2O2S. The summed E-state index contributed by atoms with van der Waals surface area (Å²) in [5.41, 5.74) is 4.66. The number of hydrogen-bond acceptors (Lipinski definition) is 3. The lowest BCUT2D eigenvalue weighted by Gasteiger charge is -2.11. The Morgan fingerprint density at radius 2 is 1.17 bits per heavy atom. The van der Waals surface area contributed by atoms with E-state index in [-0.39, 0.29) is 0 Å². The van der Waals surface area contributed by atoms with Crippen molar-refractivity contribution in [2.24, 2.45) is 0 Å². The fraction of sp³-hybridized carbons (Fsp3) is 0.208. The monoisotopic (exact) mass is 406 g/mol. The molecule has 0 bridgehead atoms. The molecule has 0 aromatic heterocycles. The van der Waals surface area contributed by atoms with E-state index < -0.39 is 0 Å². The minimum absolute atomic E-state index is 0.602. The van der Waals surface area contributed by atoms with Gasteiger partial charge in [-0.1, -0.05) is 66.7 Å². The van der Waals surface area contributed by atoms with Crippen LogP contribution in [0.25, 0.3) is 0 Å². The van der Waals surface area contributed by atoms with Gasteiger partial charge in [0.25, 0.3) is 0 Å². The van der Waals surface area contributed by atoms with Crippen LogP contribution < -0.4 is 15.4 Å². The van der Waals surface area contributed by atoms with Crippen molar-refractivity contribution in [3.05, 3.63) is 101 Å². The van der Waals surface area contributed by atoms with Crippen molar-refractivity contribution in [3.8, 4) is 5.75 Å². The summed E-state index contributed by atoms with van der Waals surface area (Å²) in [6.45, 7) is 2.58. The molecule has 0 fully saturated rings. The van der Waals surface area contributed by atoms with Crippen LogP contribution >= 0.6 is 12.2 Å². The standard InChI is InChI=1S/C24H26N2O2S/c1-27-23-13-11-20(12-14-23)16-26-24(29)25-15-19-7-9-22(10-8-19)18-28-17-21-5-3-2-4-6-21/h2-14H,15-18H2,1H3,(H2,25,26,29). The van der Waals surface area contributed by atoms with E-state index in [9.17, 15) is 0 Å². The summed E-state index contributed by atoms with van der Waals surface area (Å²) >= 11 is 5.36. The molecule has 4 nitrogen and oxygen atoms in total. The largest absolute Gasteiger partial charge is 0.497 e. The Labute approximate surface area is 177 Å². The molecule has 2 N–H and O–H groups in total. The van der Waals surface area contributed by atoms with Crippen LogP contribution in [0.4, 0.5) is 0 Å². The van der Waals surface area contributed by atoms with Gasteiger partial charge < -0.3 is 20.1 Å². The first-order valence-electron chi connectivity index (χ1n) is 9.57. The Kier molecular flexibility index (Phi) is 8.04. The SMILES string of the molecule is COc1ccc(CNC(=S)NCc2ccc(COCc3ccccc3)cc2)cc1. The van der Waals surface area contributed by atoms with E-state index in [1.54, 1.807) is 7.11 Å². The number of hydrogen-bond donors (Lipinski definition) is 2. The van der Waals surface area contributed by atoms with E-state index in [4.69, 9.17) is 21.7 Å². The number of benzene rings is 3. The Morgan fingerprint density at radius 3 is 1.72 bits per heavy atom. The average molecular weight is 407 g/mol. The van der Waals surface area contributed by atoms with E-state index in [0.29, 0.717) is 31.4 Å². The molecule has 3 aromatic rings. The normalized spacial score (nSPS) is 10.4. The number of thiocarbonyl (C=S) groups is 1. The van der Waals surface area contributed by atoms with Crippen LogP contribution in [0, 0.1) is 0 Å². The summed E-state index contributed by atoms with van der Waals surface area (Å²) in [6, 6.07) is 26.5. The van der Waals surface area contributed by atoms with Crippen molar-refractivity contribution in [2.45, 2.75) is 26.3 Å². The molecule has 0 spiro atoms. The lowest BCUT2D eigenvalue weighted by atomic mass is 10.1. The molecule has 5 heteroatoms. The third-order valence-corrected chi connectivity index (χ3v) is 4.76. The first-order chi connectivity index (χ1) is 14.2. The van der Waals surface area contributed by atoms with E-state index in [1.807, 2.05) is 42.5 Å². The highest BCUT2D eigenvalue weighted by atomic mass is 32.1. The third-order valence-electron chi connectivity index (χ3n) is 4.47. The summed E-state index contributed by atoms with van der Waals surface area (Å²) < 4.78 is 10.9. The van der Waals surface area contributed by atoms with Crippen LogP contribution in [-0.2, 0) is 31.0 Å². The fourth-order valence-corrected chi connectivity index (χ4v) is 2.93. The third kappa shape index (κ3) is 7.22. The quantitative estimate of drug-likeness (QED) is 0.509. The summed E-state index contributed by atoms with van der Waals surface area (Å²) in [5, 5.41) is 7.10. The second kappa shape index (κ2) is 11.2. The topological polar surface area (TPSA) is 42.5 Å². The van der Waals surface area contributed by atoms with Crippen molar-refractivity contribution in [3.63, 3.8) is 0 Å². The van der Waals surface area contributed by atoms with E-state index in [0.717, 1.165) is 16.9 Å². The summed E-state index contributed by atoms with van der Waals surface area (Å²) in [7, 11) is 1.66. The molecule has 0 amide bonds. The molecule has 0 aliphatic rings. The van der Waals surface area contributed by atoms with Crippen LogP contribution in [0.2, 0.25) is 0 Å². The van der Waals surface area contributed by atoms with Crippen molar-refractivity contribution >= 4 is 17.3 Å². The van der Waals surface area contributed by atoms with Gasteiger partial charge in [-0.15, -0.1) is 0 Å². The Morgan fingerprint density at radius 1 is 0.690 bits per heavy atom.